The lowest BCUT2D eigenvalue weighted by Crippen LogP contribution is -2.68. The largest absolute Gasteiger partial charge is 0.496 e. The third kappa shape index (κ3) is 5.42. The van der Waals surface area contributed by atoms with Crippen LogP contribution in [0.2, 0.25) is 0 Å². The molecule has 3 aliphatic heterocycles. The van der Waals surface area contributed by atoms with E-state index in [9.17, 15) is 9.59 Å². The van der Waals surface area contributed by atoms with Gasteiger partial charge in [-0.05, 0) is 48.2 Å². The smallest absolute Gasteiger partial charge is 0.223 e. The van der Waals surface area contributed by atoms with Gasteiger partial charge in [0.05, 0.1) is 13.0 Å². The molecule has 3 N–H and O–H groups in total. The van der Waals surface area contributed by atoms with Crippen LogP contribution in [0, 0.1) is 11.8 Å². The summed E-state index contributed by atoms with van der Waals surface area (Å²) in [5, 5.41) is 3.86. The molecule has 3 aromatic carbocycles. The molecule has 6 rings (SSSR count). The van der Waals surface area contributed by atoms with Gasteiger partial charge in [-0.3, -0.25) is 14.5 Å². The monoisotopic (exact) mass is 526 g/mol. The Morgan fingerprint density at radius 1 is 1.05 bits per heavy atom. The second-order valence-electron chi connectivity index (χ2n) is 10.7. The first-order chi connectivity index (χ1) is 18.9. The number of nitrogens with two attached hydrogens (primary N) is 1. The highest BCUT2D eigenvalue weighted by molar-refractivity contribution is 5.91. The van der Waals surface area contributed by atoms with Crippen molar-refractivity contribution in [1.29, 1.82) is 0 Å². The maximum atomic E-state index is 12.6. The van der Waals surface area contributed by atoms with E-state index in [4.69, 9.17) is 10.5 Å². The zero-order chi connectivity index (χ0) is 27.5. The van der Waals surface area contributed by atoms with E-state index < -0.39 is 0 Å². The fourth-order valence-electron chi connectivity index (χ4n) is 6.60. The molecular weight excluding hydrogens is 488 g/mol. The molecule has 5 atom stereocenters. The number of nitrogens with zero attached hydrogens (tertiary/aromatic N) is 2. The van der Waals surface area contributed by atoms with Gasteiger partial charge in [-0.2, -0.15) is 0 Å². The molecule has 39 heavy (non-hydrogen) atoms. The van der Waals surface area contributed by atoms with E-state index in [2.05, 4.69) is 70.9 Å². The third-order valence-electron chi connectivity index (χ3n) is 8.62. The molecule has 7 heteroatoms. The second kappa shape index (κ2) is 11.6. The molecule has 3 saturated heterocycles. The normalized spacial score (nSPS) is 23.9. The predicted octanol–water partition coefficient (Wildman–Crippen LogP) is 3.77. The van der Waals surface area contributed by atoms with Crippen LogP contribution in [0.1, 0.15) is 36.0 Å². The average Bonchev–Trinajstić information content (AvgIpc) is 2.97. The number of carbonyl (C=O) groups is 2. The van der Waals surface area contributed by atoms with Crippen LogP contribution in [-0.4, -0.2) is 56.0 Å². The molecule has 0 radical (unpaired) electrons. The number of piperidine rings is 3. The maximum Gasteiger partial charge on any atom is 0.223 e. The van der Waals surface area contributed by atoms with E-state index in [1.807, 2.05) is 18.2 Å². The summed E-state index contributed by atoms with van der Waals surface area (Å²) in [7, 11) is 3.43. The van der Waals surface area contributed by atoms with E-state index in [0.717, 1.165) is 30.0 Å². The van der Waals surface area contributed by atoms with Gasteiger partial charge >= 0.3 is 0 Å². The molecule has 3 aliphatic rings. The van der Waals surface area contributed by atoms with Crippen LogP contribution in [0.25, 0.3) is 0 Å². The molecule has 0 spiro atoms. The number of rotatable bonds is 9. The number of hydrogen-bond donors (Lipinski definition) is 2. The fraction of sp³-hybridized carbons (Fsp3) is 0.375. The van der Waals surface area contributed by atoms with Crippen molar-refractivity contribution in [2.45, 2.75) is 37.9 Å². The van der Waals surface area contributed by atoms with Crippen molar-refractivity contribution in [3.8, 4) is 5.75 Å². The van der Waals surface area contributed by atoms with Gasteiger partial charge in [-0.25, -0.2) is 0 Å². The molecule has 2 amide bonds. The Balaban J connectivity index is 1.53. The minimum absolute atomic E-state index is 0.0225. The first kappa shape index (κ1) is 26.9. The van der Waals surface area contributed by atoms with Crippen molar-refractivity contribution in [2.75, 3.05) is 32.1 Å². The number of amides is 2. The number of ether oxygens (including phenoxy) is 1. The highest BCUT2D eigenvalue weighted by Gasteiger charge is 2.51. The predicted molar refractivity (Wildman–Crippen MR) is 154 cm³/mol. The molecular formula is C32H38N4O3. The first-order valence-electron chi connectivity index (χ1n) is 13.7. The summed E-state index contributed by atoms with van der Waals surface area (Å²) in [6.07, 6.45) is 0.919. The molecule has 0 aliphatic carbocycles. The Morgan fingerprint density at radius 2 is 1.69 bits per heavy atom. The van der Waals surface area contributed by atoms with Crippen molar-refractivity contribution < 1.29 is 14.3 Å². The van der Waals surface area contributed by atoms with Crippen LogP contribution in [0.4, 0.5) is 5.69 Å². The zero-order valence-electron chi connectivity index (χ0n) is 22.9. The van der Waals surface area contributed by atoms with Crippen LogP contribution >= 0.6 is 0 Å². The summed E-state index contributed by atoms with van der Waals surface area (Å²) < 4.78 is 5.69. The quantitative estimate of drug-likeness (QED) is 0.443. The van der Waals surface area contributed by atoms with Crippen molar-refractivity contribution in [3.63, 3.8) is 0 Å². The van der Waals surface area contributed by atoms with Gasteiger partial charge in [0.15, 0.2) is 0 Å². The van der Waals surface area contributed by atoms with Crippen LogP contribution < -0.4 is 20.7 Å². The van der Waals surface area contributed by atoms with Gasteiger partial charge in [0.1, 0.15) is 5.75 Å². The summed E-state index contributed by atoms with van der Waals surface area (Å²) in [5.74, 6) is 0.551. The van der Waals surface area contributed by atoms with Crippen LogP contribution in [0.15, 0.2) is 78.9 Å². The van der Waals surface area contributed by atoms with Crippen LogP contribution in [-0.2, 0) is 16.1 Å². The molecule has 204 valence electrons. The minimum atomic E-state index is -0.228. The van der Waals surface area contributed by atoms with Crippen molar-refractivity contribution >= 4 is 17.5 Å². The standard InChI is InChI=1S/C32H38N4O3/c1-21(37)35(2)25-14-15-28(39-3)24(18-25)19-34-30-26-16-17-36(20-27(26)32(33)38)31(30)29(22-10-6-4-7-11-22)23-12-8-5-9-13-23/h4-15,18,26-27,29-31,34H,16-17,19-20H2,1-3H3,(H2,33,38)/t26-,27-,30-,31-/m0/s1. The summed E-state index contributed by atoms with van der Waals surface area (Å²) in [5.41, 5.74) is 10.2. The molecule has 7 nitrogen and oxygen atoms in total. The Bertz CT molecular complexity index is 1260. The molecule has 1 unspecified atom stereocenters. The Morgan fingerprint density at radius 3 is 2.26 bits per heavy atom. The lowest BCUT2D eigenvalue weighted by Gasteiger charge is -2.56. The third-order valence-corrected chi connectivity index (χ3v) is 8.62. The Kier molecular flexibility index (Phi) is 8.00. The molecule has 0 aromatic heterocycles. The van der Waals surface area contributed by atoms with Crippen molar-refractivity contribution in [3.05, 3.63) is 95.6 Å². The number of nitrogens with one attached hydrogen (secondary N) is 1. The van der Waals surface area contributed by atoms with Crippen LogP contribution in [0.3, 0.4) is 0 Å². The highest BCUT2D eigenvalue weighted by Crippen LogP contribution is 2.44. The number of primary amides is 1. The number of carbonyl (C=O) groups excluding carboxylic acids is 2. The van der Waals surface area contributed by atoms with E-state index in [1.54, 1.807) is 26.0 Å². The number of anilines is 1. The number of methoxy groups -OCH3 is 1. The molecule has 2 bridgehead atoms. The van der Waals surface area contributed by atoms with Gasteiger partial charge in [-0.15, -0.1) is 0 Å². The van der Waals surface area contributed by atoms with E-state index in [-0.39, 0.29) is 41.7 Å². The molecule has 0 saturated carbocycles. The lowest BCUT2D eigenvalue weighted by atomic mass is 9.66. The summed E-state index contributed by atoms with van der Waals surface area (Å²) >= 11 is 0. The van der Waals surface area contributed by atoms with Crippen LogP contribution in [0.5, 0.6) is 5.75 Å². The van der Waals surface area contributed by atoms with E-state index in [0.29, 0.717) is 13.1 Å². The van der Waals surface area contributed by atoms with Gasteiger partial charge < -0.3 is 20.7 Å². The minimum Gasteiger partial charge on any atom is -0.496 e. The topological polar surface area (TPSA) is 87.9 Å². The maximum absolute atomic E-state index is 12.6. The molecule has 3 fully saturated rings. The highest BCUT2D eigenvalue weighted by atomic mass is 16.5. The van der Waals surface area contributed by atoms with Gasteiger partial charge in [0.2, 0.25) is 11.8 Å². The van der Waals surface area contributed by atoms with Crippen molar-refractivity contribution in [2.24, 2.45) is 17.6 Å². The number of benzene rings is 3. The van der Waals surface area contributed by atoms with E-state index >= 15 is 0 Å². The van der Waals surface area contributed by atoms with Gasteiger partial charge in [0.25, 0.3) is 0 Å². The number of hydrogen-bond acceptors (Lipinski definition) is 5. The first-order valence-corrected chi connectivity index (χ1v) is 13.7. The summed E-state index contributed by atoms with van der Waals surface area (Å²) in [4.78, 5) is 28.7. The van der Waals surface area contributed by atoms with E-state index in [1.165, 1.54) is 11.1 Å². The Labute approximate surface area is 230 Å². The zero-order valence-corrected chi connectivity index (χ0v) is 22.9. The summed E-state index contributed by atoms with van der Waals surface area (Å²) in [6, 6.07) is 27.3. The van der Waals surface area contributed by atoms with Crippen molar-refractivity contribution in [1.82, 2.24) is 10.2 Å². The average molecular weight is 527 g/mol. The fourth-order valence-corrected chi connectivity index (χ4v) is 6.60. The second-order valence-corrected chi connectivity index (χ2v) is 10.7. The van der Waals surface area contributed by atoms with Gasteiger partial charge in [0, 0.05) is 56.3 Å². The van der Waals surface area contributed by atoms with Gasteiger partial charge in [-0.1, -0.05) is 60.7 Å². The lowest BCUT2D eigenvalue weighted by molar-refractivity contribution is -0.132. The number of fused-ring (bicyclic) bond motifs is 3. The molecule has 3 heterocycles. The SMILES string of the molecule is COc1ccc(N(C)C(C)=O)cc1CN[C@H]1[C@H]2CCN(C[C@@H]2C(N)=O)[C@H]1C(c1ccccc1)c1ccccc1. The Hall–Kier alpha value is -3.68. The molecule has 3 aromatic rings. The summed E-state index contributed by atoms with van der Waals surface area (Å²) in [6.45, 7) is 3.71.